The minimum atomic E-state index is -3.72. The first kappa shape index (κ1) is 14.4. The zero-order valence-electron chi connectivity index (χ0n) is 10.3. The highest BCUT2D eigenvalue weighted by molar-refractivity contribution is 7.92. The summed E-state index contributed by atoms with van der Waals surface area (Å²) in [5, 5.41) is -0.632. The monoisotopic (exact) mass is 307 g/mol. The smallest absolute Gasteiger partial charge is 0.228 e. The predicted octanol–water partition coefficient (Wildman–Crippen LogP) is 0.633. The Balaban J connectivity index is 2.15. The van der Waals surface area contributed by atoms with Gasteiger partial charge in [-0.2, -0.15) is 4.31 Å². The average molecular weight is 307 g/mol. The molecule has 8 heteroatoms. The average Bonchev–Trinajstić information content (AvgIpc) is 2.26. The Hall–Kier alpha value is -0.990. The van der Waals surface area contributed by atoms with E-state index in [4.69, 9.17) is 0 Å². The number of hydrogen-bond acceptors (Lipinski definition) is 4. The first-order valence-corrected chi connectivity index (χ1v) is 8.90. The van der Waals surface area contributed by atoms with Crippen molar-refractivity contribution in [3.05, 3.63) is 30.1 Å². The molecule has 1 aromatic carbocycles. The van der Waals surface area contributed by atoms with Crippen molar-refractivity contribution in [2.24, 2.45) is 0 Å². The van der Waals surface area contributed by atoms with Gasteiger partial charge in [0.05, 0.1) is 10.1 Å². The lowest BCUT2D eigenvalue weighted by atomic mass is 10.3. The Morgan fingerprint density at radius 2 is 1.68 bits per heavy atom. The van der Waals surface area contributed by atoms with Crippen molar-refractivity contribution < 1.29 is 21.2 Å². The standard InChI is InChI=1S/C11H14FNO4S2/c1-2-18(14,15)11-7-13(8-11)19(16,17)10-5-3-9(12)4-6-10/h3-6,11H,2,7-8H2,1H3. The van der Waals surface area contributed by atoms with Crippen LogP contribution in [0.2, 0.25) is 0 Å². The van der Waals surface area contributed by atoms with Gasteiger partial charge >= 0.3 is 0 Å². The molecule has 0 radical (unpaired) electrons. The third kappa shape index (κ3) is 2.65. The van der Waals surface area contributed by atoms with E-state index in [0.29, 0.717) is 0 Å². The molecule has 1 heterocycles. The minimum absolute atomic E-state index is 0.00209. The van der Waals surface area contributed by atoms with Gasteiger partial charge in [-0.25, -0.2) is 21.2 Å². The fraction of sp³-hybridized carbons (Fsp3) is 0.455. The second-order valence-corrected chi connectivity index (χ2v) is 8.86. The molecule has 0 saturated carbocycles. The lowest BCUT2D eigenvalue weighted by Crippen LogP contribution is -2.57. The van der Waals surface area contributed by atoms with E-state index in [1.807, 2.05) is 0 Å². The highest BCUT2D eigenvalue weighted by Crippen LogP contribution is 2.25. The zero-order chi connectivity index (χ0) is 14.3. The van der Waals surface area contributed by atoms with Crippen molar-refractivity contribution in [1.29, 1.82) is 0 Å². The second kappa shape index (κ2) is 4.84. The van der Waals surface area contributed by atoms with Crippen molar-refractivity contribution >= 4 is 19.9 Å². The van der Waals surface area contributed by atoms with Gasteiger partial charge < -0.3 is 0 Å². The molecule has 0 unspecified atom stereocenters. The van der Waals surface area contributed by atoms with Crippen LogP contribution in [0.25, 0.3) is 0 Å². The first-order valence-electron chi connectivity index (χ1n) is 5.74. The molecule has 1 aliphatic rings. The van der Waals surface area contributed by atoms with Crippen molar-refractivity contribution in [1.82, 2.24) is 4.31 Å². The van der Waals surface area contributed by atoms with Crippen LogP contribution >= 0.6 is 0 Å². The van der Waals surface area contributed by atoms with Crippen LogP contribution in [-0.2, 0) is 19.9 Å². The highest BCUT2D eigenvalue weighted by Gasteiger charge is 2.42. The molecular weight excluding hydrogens is 293 g/mol. The third-order valence-electron chi connectivity index (χ3n) is 3.18. The van der Waals surface area contributed by atoms with Gasteiger partial charge in [0.2, 0.25) is 10.0 Å². The summed E-state index contributed by atoms with van der Waals surface area (Å²) in [6.07, 6.45) is 0. The summed E-state index contributed by atoms with van der Waals surface area (Å²) in [5.74, 6) is -0.517. The molecular formula is C11H14FNO4S2. The van der Waals surface area contributed by atoms with E-state index in [1.54, 1.807) is 0 Å². The summed E-state index contributed by atoms with van der Waals surface area (Å²) >= 11 is 0. The highest BCUT2D eigenvalue weighted by atomic mass is 32.2. The van der Waals surface area contributed by atoms with E-state index in [2.05, 4.69) is 0 Å². The molecule has 0 atom stereocenters. The van der Waals surface area contributed by atoms with Crippen LogP contribution < -0.4 is 0 Å². The van der Waals surface area contributed by atoms with Crippen molar-refractivity contribution in [2.45, 2.75) is 17.1 Å². The molecule has 0 N–H and O–H groups in total. The van der Waals surface area contributed by atoms with Gasteiger partial charge in [0, 0.05) is 18.8 Å². The molecule has 0 amide bonds. The minimum Gasteiger partial charge on any atom is -0.228 e. The van der Waals surface area contributed by atoms with Gasteiger partial charge in [0.1, 0.15) is 5.82 Å². The maximum atomic E-state index is 12.7. The fourth-order valence-corrected chi connectivity index (χ4v) is 4.82. The number of nitrogens with zero attached hydrogens (tertiary/aromatic N) is 1. The number of sulfonamides is 1. The lowest BCUT2D eigenvalue weighted by Gasteiger charge is -2.37. The number of hydrogen-bond donors (Lipinski definition) is 0. The molecule has 0 aliphatic carbocycles. The Morgan fingerprint density at radius 1 is 1.16 bits per heavy atom. The van der Waals surface area contributed by atoms with Crippen LogP contribution in [0, 0.1) is 5.82 Å². The van der Waals surface area contributed by atoms with Crippen LogP contribution in [0.5, 0.6) is 0 Å². The van der Waals surface area contributed by atoms with Gasteiger partial charge in [0.25, 0.3) is 0 Å². The summed E-state index contributed by atoms with van der Waals surface area (Å²) in [4.78, 5) is -0.0266. The maximum absolute atomic E-state index is 12.7. The van der Waals surface area contributed by atoms with Crippen LogP contribution in [0.3, 0.4) is 0 Å². The van der Waals surface area contributed by atoms with E-state index in [-0.39, 0.29) is 23.7 Å². The van der Waals surface area contributed by atoms with E-state index in [1.165, 1.54) is 19.1 Å². The second-order valence-electron chi connectivity index (χ2n) is 4.35. The molecule has 1 fully saturated rings. The fourth-order valence-electron chi connectivity index (χ4n) is 1.82. The van der Waals surface area contributed by atoms with Crippen molar-refractivity contribution in [2.75, 3.05) is 18.8 Å². The van der Waals surface area contributed by atoms with Gasteiger partial charge in [-0.05, 0) is 24.3 Å². The van der Waals surface area contributed by atoms with E-state index >= 15 is 0 Å². The van der Waals surface area contributed by atoms with Crippen LogP contribution in [0.15, 0.2) is 29.2 Å². The Kier molecular flexibility index (Phi) is 3.67. The maximum Gasteiger partial charge on any atom is 0.243 e. The Morgan fingerprint density at radius 3 is 2.16 bits per heavy atom. The summed E-state index contributed by atoms with van der Waals surface area (Å²) in [5.41, 5.74) is 0. The molecule has 0 spiro atoms. The molecule has 1 aromatic rings. The number of benzene rings is 1. The Bertz CT molecular complexity index is 661. The normalized spacial score (nSPS) is 18.2. The number of sulfone groups is 1. The van der Waals surface area contributed by atoms with Crippen LogP contribution in [-0.4, -0.2) is 45.2 Å². The van der Waals surface area contributed by atoms with E-state index < -0.39 is 30.9 Å². The number of halogens is 1. The molecule has 106 valence electrons. The quantitative estimate of drug-likeness (QED) is 0.818. The van der Waals surface area contributed by atoms with E-state index in [9.17, 15) is 21.2 Å². The first-order chi connectivity index (χ1) is 8.77. The molecule has 1 saturated heterocycles. The summed E-state index contributed by atoms with van der Waals surface area (Å²) in [7, 11) is -6.93. The van der Waals surface area contributed by atoms with Crippen LogP contribution in [0.4, 0.5) is 4.39 Å². The van der Waals surface area contributed by atoms with Crippen LogP contribution in [0.1, 0.15) is 6.92 Å². The Labute approximate surface area is 112 Å². The lowest BCUT2D eigenvalue weighted by molar-refractivity contribution is 0.310. The summed E-state index contributed by atoms with van der Waals surface area (Å²) in [6.45, 7) is 1.47. The molecule has 1 aliphatic heterocycles. The topological polar surface area (TPSA) is 71.5 Å². The molecule has 19 heavy (non-hydrogen) atoms. The zero-order valence-corrected chi connectivity index (χ0v) is 11.9. The molecule has 0 bridgehead atoms. The molecule has 2 rings (SSSR count). The largest absolute Gasteiger partial charge is 0.243 e. The third-order valence-corrected chi connectivity index (χ3v) is 7.14. The predicted molar refractivity (Wildman–Crippen MR) is 68.4 cm³/mol. The molecule has 0 aromatic heterocycles. The van der Waals surface area contributed by atoms with Gasteiger partial charge in [0.15, 0.2) is 9.84 Å². The van der Waals surface area contributed by atoms with Gasteiger partial charge in [-0.1, -0.05) is 6.92 Å². The SMILES string of the molecule is CCS(=O)(=O)C1CN(S(=O)(=O)c2ccc(F)cc2)C1. The molecule has 5 nitrogen and oxygen atoms in total. The van der Waals surface area contributed by atoms with Crippen molar-refractivity contribution in [3.8, 4) is 0 Å². The van der Waals surface area contributed by atoms with Crippen molar-refractivity contribution in [3.63, 3.8) is 0 Å². The van der Waals surface area contributed by atoms with E-state index in [0.717, 1.165) is 16.4 Å². The summed E-state index contributed by atoms with van der Waals surface area (Å²) < 4.78 is 61.2. The van der Waals surface area contributed by atoms with Gasteiger partial charge in [-0.15, -0.1) is 0 Å². The summed E-state index contributed by atoms with van der Waals surface area (Å²) in [6, 6.07) is 4.47. The van der Waals surface area contributed by atoms with Gasteiger partial charge in [-0.3, -0.25) is 0 Å². The number of rotatable bonds is 4.